The van der Waals surface area contributed by atoms with Crippen LogP contribution < -0.4 is 5.32 Å². The van der Waals surface area contributed by atoms with E-state index < -0.39 is 0 Å². The maximum atomic E-state index is 12.9. The first kappa shape index (κ1) is 24.9. The summed E-state index contributed by atoms with van der Waals surface area (Å²) < 4.78 is 0. The van der Waals surface area contributed by atoms with E-state index in [2.05, 4.69) is 28.4 Å². The average molecular weight is 520 g/mol. The SMILES string of the molecule is O=C(NCc1ccccc1CN1CCCC1)c1ccc(C2SCC(=O)N2Cc2ccc(Cl)cc2)cc1. The molecule has 2 heterocycles. The van der Waals surface area contributed by atoms with Crippen molar-refractivity contribution in [2.75, 3.05) is 18.8 Å². The van der Waals surface area contributed by atoms with Crippen molar-refractivity contribution in [3.05, 3.63) is 106 Å². The van der Waals surface area contributed by atoms with Gasteiger partial charge in [-0.2, -0.15) is 0 Å². The summed E-state index contributed by atoms with van der Waals surface area (Å²) in [6.07, 6.45) is 2.53. The van der Waals surface area contributed by atoms with E-state index in [-0.39, 0.29) is 17.2 Å². The van der Waals surface area contributed by atoms with Gasteiger partial charge in [0.05, 0.1) is 5.75 Å². The lowest BCUT2D eigenvalue weighted by atomic mass is 10.1. The minimum atomic E-state index is -0.0919. The van der Waals surface area contributed by atoms with Crippen LogP contribution in [-0.4, -0.2) is 40.5 Å². The number of carbonyl (C=O) groups excluding carboxylic acids is 2. The molecule has 2 aliphatic rings. The highest BCUT2D eigenvalue weighted by molar-refractivity contribution is 8.00. The van der Waals surface area contributed by atoms with Gasteiger partial charge in [-0.05, 0) is 72.5 Å². The van der Waals surface area contributed by atoms with Gasteiger partial charge in [-0.3, -0.25) is 14.5 Å². The molecule has 5 rings (SSSR count). The van der Waals surface area contributed by atoms with Crippen LogP contribution in [0.2, 0.25) is 5.02 Å². The molecule has 0 spiro atoms. The van der Waals surface area contributed by atoms with Crippen molar-refractivity contribution >= 4 is 35.2 Å². The first-order chi connectivity index (χ1) is 17.6. The highest BCUT2D eigenvalue weighted by Crippen LogP contribution is 2.39. The van der Waals surface area contributed by atoms with Crippen molar-refractivity contribution in [3.8, 4) is 0 Å². The molecule has 36 heavy (non-hydrogen) atoms. The van der Waals surface area contributed by atoms with Gasteiger partial charge in [0.25, 0.3) is 5.91 Å². The van der Waals surface area contributed by atoms with Gasteiger partial charge < -0.3 is 10.2 Å². The van der Waals surface area contributed by atoms with Gasteiger partial charge in [-0.15, -0.1) is 11.8 Å². The molecule has 0 radical (unpaired) electrons. The number of nitrogens with one attached hydrogen (secondary N) is 1. The molecule has 1 N–H and O–H groups in total. The summed E-state index contributed by atoms with van der Waals surface area (Å²) in [6, 6.07) is 23.6. The van der Waals surface area contributed by atoms with Crippen LogP contribution in [0.4, 0.5) is 0 Å². The van der Waals surface area contributed by atoms with Gasteiger partial charge in [0.2, 0.25) is 5.91 Å². The minimum absolute atomic E-state index is 0.0669. The van der Waals surface area contributed by atoms with Gasteiger partial charge in [0.15, 0.2) is 0 Å². The third-order valence-electron chi connectivity index (χ3n) is 6.84. The number of likely N-dealkylation sites (tertiary alicyclic amines) is 1. The highest BCUT2D eigenvalue weighted by atomic mass is 35.5. The molecule has 1 atom stereocenters. The molecule has 5 nitrogen and oxygen atoms in total. The Morgan fingerprint density at radius 2 is 1.61 bits per heavy atom. The lowest BCUT2D eigenvalue weighted by Gasteiger charge is -2.24. The van der Waals surface area contributed by atoms with Gasteiger partial charge in [0, 0.05) is 30.2 Å². The molecule has 0 saturated carbocycles. The lowest BCUT2D eigenvalue weighted by Crippen LogP contribution is -2.28. The van der Waals surface area contributed by atoms with E-state index in [1.165, 1.54) is 18.4 Å². The summed E-state index contributed by atoms with van der Waals surface area (Å²) in [6.45, 7) is 4.27. The molecule has 1 unspecified atom stereocenters. The van der Waals surface area contributed by atoms with Crippen molar-refractivity contribution in [2.45, 2.75) is 37.8 Å². The van der Waals surface area contributed by atoms with E-state index >= 15 is 0 Å². The van der Waals surface area contributed by atoms with E-state index in [4.69, 9.17) is 11.6 Å². The Hall–Kier alpha value is -2.80. The number of thioether (sulfide) groups is 1. The molecule has 2 fully saturated rings. The Bertz CT molecular complexity index is 1210. The van der Waals surface area contributed by atoms with E-state index in [1.54, 1.807) is 11.8 Å². The second-order valence-corrected chi connectivity index (χ2v) is 10.9. The number of rotatable bonds is 8. The predicted molar refractivity (Wildman–Crippen MR) is 146 cm³/mol. The summed E-state index contributed by atoms with van der Waals surface area (Å²) >= 11 is 7.62. The Balaban J connectivity index is 1.21. The molecular weight excluding hydrogens is 490 g/mol. The summed E-state index contributed by atoms with van der Waals surface area (Å²) in [7, 11) is 0. The fourth-order valence-electron chi connectivity index (χ4n) is 4.83. The van der Waals surface area contributed by atoms with Gasteiger partial charge in [-0.1, -0.05) is 60.1 Å². The van der Waals surface area contributed by atoms with Crippen molar-refractivity contribution in [1.82, 2.24) is 15.1 Å². The molecule has 2 saturated heterocycles. The van der Waals surface area contributed by atoms with E-state index in [1.807, 2.05) is 59.5 Å². The smallest absolute Gasteiger partial charge is 0.251 e. The van der Waals surface area contributed by atoms with Gasteiger partial charge >= 0.3 is 0 Å². The van der Waals surface area contributed by atoms with Crippen LogP contribution in [0.15, 0.2) is 72.8 Å². The van der Waals surface area contributed by atoms with E-state index in [9.17, 15) is 9.59 Å². The van der Waals surface area contributed by atoms with Gasteiger partial charge in [0.1, 0.15) is 5.37 Å². The molecule has 3 aromatic rings. The van der Waals surface area contributed by atoms with Crippen LogP contribution >= 0.6 is 23.4 Å². The number of halogens is 1. The lowest BCUT2D eigenvalue weighted by molar-refractivity contribution is -0.128. The first-order valence-electron chi connectivity index (χ1n) is 12.4. The topological polar surface area (TPSA) is 52.7 Å². The third kappa shape index (κ3) is 5.94. The monoisotopic (exact) mass is 519 g/mol. The summed E-state index contributed by atoms with van der Waals surface area (Å²) in [5.41, 5.74) is 5.12. The largest absolute Gasteiger partial charge is 0.348 e. The average Bonchev–Trinajstić information content (AvgIpc) is 3.54. The molecule has 2 aliphatic heterocycles. The second kappa shape index (κ2) is 11.5. The number of amides is 2. The van der Waals surface area contributed by atoms with E-state index in [0.29, 0.717) is 29.4 Å². The van der Waals surface area contributed by atoms with Crippen LogP contribution in [0.3, 0.4) is 0 Å². The van der Waals surface area contributed by atoms with Crippen LogP contribution in [0.25, 0.3) is 0 Å². The van der Waals surface area contributed by atoms with Crippen LogP contribution in [0.1, 0.15) is 50.8 Å². The van der Waals surface area contributed by atoms with Crippen LogP contribution in [0, 0.1) is 0 Å². The zero-order valence-electron chi connectivity index (χ0n) is 20.2. The van der Waals surface area contributed by atoms with Gasteiger partial charge in [-0.25, -0.2) is 0 Å². The first-order valence-corrected chi connectivity index (χ1v) is 13.8. The van der Waals surface area contributed by atoms with Crippen LogP contribution in [-0.2, 0) is 24.4 Å². The molecule has 0 aliphatic carbocycles. The number of carbonyl (C=O) groups is 2. The molecular formula is C29H30ClN3O2S. The van der Waals surface area contributed by atoms with Crippen molar-refractivity contribution < 1.29 is 9.59 Å². The Kier molecular flexibility index (Phi) is 7.95. The predicted octanol–water partition coefficient (Wildman–Crippen LogP) is 5.64. The summed E-state index contributed by atoms with van der Waals surface area (Å²) in [5.74, 6) is 0.484. The normalized spacial score (nSPS) is 18.1. The summed E-state index contributed by atoms with van der Waals surface area (Å²) in [5, 5.41) is 3.70. The van der Waals surface area contributed by atoms with Crippen molar-refractivity contribution in [1.29, 1.82) is 0 Å². The molecule has 7 heteroatoms. The minimum Gasteiger partial charge on any atom is -0.348 e. The molecule has 2 amide bonds. The number of benzene rings is 3. The molecule has 0 bridgehead atoms. The highest BCUT2D eigenvalue weighted by Gasteiger charge is 2.32. The standard InChI is InChI=1S/C29H30ClN3O2S/c30-26-13-7-21(8-14-26)18-33-27(34)20-36-29(33)23-11-9-22(10-12-23)28(35)31-17-24-5-1-2-6-25(24)19-32-15-3-4-16-32/h1-2,5-14,29H,3-4,15-20H2,(H,31,35). The second-order valence-electron chi connectivity index (χ2n) is 9.37. The number of nitrogens with zero attached hydrogens (tertiary/aromatic N) is 2. The zero-order valence-corrected chi connectivity index (χ0v) is 21.7. The quantitative estimate of drug-likeness (QED) is 0.418. The molecule has 0 aromatic heterocycles. The maximum Gasteiger partial charge on any atom is 0.251 e. The van der Waals surface area contributed by atoms with Crippen molar-refractivity contribution in [3.63, 3.8) is 0 Å². The summed E-state index contributed by atoms with van der Waals surface area (Å²) in [4.78, 5) is 29.8. The number of hydrogen-bond acceptors (Lipinski definition) is 4. The number of hydrogen-bond donors (Lipinski definition) is 1. The fourth-order valence-corrected chi connectivity index (χ4v) is 6.14. The zero-order chi connectivity index (χ0) is 24.9. The molecule has 3 aromatic carbocycles. The molecule has 186 valence electrons. The van der Waals surface area contributed by atoms with Crippen molar-refractivity contribution in [2.24, 2.45) is 0 Å². The Labute approximate surface area is 221 Å². The fraction of sp³-hybridized carbons (Fsp3) is 0.310. The third-order valence-corrected chi connectivity index (χ3v) is 8.35. The maximum absolute atomic E-state index is 12.9. The van der Waals surface area contributed by atoms with Crippen LogP contribution in [0.5, 0.6) is 0 Å². The Morgan fingerprint density at radius 3 is 2.33 bits per heavy atom. The van der Waals surface area contributed by atoms with E-state index in [0.717, 1.165) is 36.3 Å². The Morgan fingerprint density at radius 1 is 0.917 bits per heavy atom.